The average molecular weight is 423 g/mol. The Kier molecular flexibility index (Phi) is 6.36. The van der Waals surface area contributed by atoms with E-state index in [9.17, 15) is 9.59 Å². The minimum absolute atomic E-state index is 0.00405. The van der Waals surface area contributed by atoms with Gasteiger partial charge in [-0.25, -0.2) is 9.98 Å². The molecule has 1 atom stereocenters. The van der Waals surface area contributed by atoms with Gasteiger partial charge in [-0.15, -0.1) is 0 Å². The van der Waals surface area contributed by atoms with Crippen LogP contribution >= 0.6 is 35.0 Å². The maximum Gasteiger partial charge on any atom is 0.242 e. The summed E-state index contributed by atoms with van der Waals surface area (Å²) in [4.78, 5) is 35.2. The van der Waals surface area contributed by atoms with Gasteiger partial charge < -0.3 is 5.32 Å². The summed E-state index contributed by atoms with van der Waals surface area (Å²) in [5.41, 5.74) is 0.416. The van der Waals surface area contributed by atoms with Crippen LogP contribution < -0.4 is 5.32 Å². The number of hydrogen-bond donors (Lipinski definition) is 1. The Balaban J connectivity index is 1.71. The van der Waals surface area contributed by atoms with Gasteiger partial charge >= 0.3 is 0 Å². The summed E-state index contributed by atoms with van der Waals surface area (Å²) in [6.45, 7) is 2.33. The van der Waals surface area contributed by atoms with E-state index in [4.69, 9.17) is 23.2 Å². The number of amides is 2. The number of carbonyl (C=O) groups excluding carboxylic acids is 2. The number of nitrogens with one attached hydrogen (secondary N) is 1. The van der Waals surface area contributed by atoms with Crippen LogP contribution in [-0.4, -0.2) is 38.7 Å². The van der Waals surface area contributed by atoms with Gasteiger partial charge in [0.05, 0.1) is 15.7 Å². The first-order valence-electron chi connectivity index (χ1n) is 8.21. The fraction of sp³-hybridized carbons (Fsp3) is 0.222. The molecule has 0 spiro atoms. The van der Waals surface area contributed by atoms with Crippen molar-refractivity contribution >= 4 is 63.5 Å². The summed E-state index contributed by atoms with van der Waals surface area (Å²) in [7, 11) is 0. The third-order valence-corrected chi connectivity index (χ3v) is 5.79. The lowest BCUT2D eigenvalue weighted by molar-refractivity contribution is -0.128. The van der Waals surface area contributed by atoms with Crippen LogP contribution in [0.1, 0.15) is 13.3 Å². The van der Waals surface area contributed by atoms with Gasteiger partial charge in [-0.05, 0) is 31.2 Å². The van der Waals surface area contributed by atoms with E-state index in [1.165, 1.54) is 11.8 Å². The monoisotopic (exact) mass is 422 g/mol. The summed E-state index contributed by atoms with van der Waals surface area (Å²) in [5, 5.41) is 3.31. The summed E-state index contributed by atoms with van der Waals surface area (Å²) in [6, 6.07) is 10.4. The summed E-state index contributed by atoms with van der Waals surface area (Å²) < 4.78 is 0. The number of hydrogen-bond acceptors (Lipinski definition) is 5. The standard InChI is InChI=1S/C18H16Cl2N4O2S/c1-2-24-17(26)13(27-18(24)23-14-8-3-4-9-21-14)10-15(25)22-12-7-5-6-11(19)16(12)20/h3-9,13H,2,10H2,1H3,(H,22,25)/b23-18-. The zero-order chi connectivity index (χ0) is 19.4. The second-order valence-corrected chi connectivity index (χ2v) is 7.58. The molecule has 3 rings (SSSR count). The highest BCUT2D eigenvalue weighted by Crippen LogP contribution is 2.33. The largest absolute Gasteiger partial charge is 0.325 e. The molecule has 1 aliphatic heterocycles. The zero-order valence-corrected chi connectivity index (χ0v) is 16.7. The van der Waals surface area contributed by atoms with Crippen molar-refractivity contribution in [3.63, 3.8) is 0 Å². The first-order chi connectivity index (χ1) is 13.0. The molecule has 1 unspecified atom stereocenters. The number of aliphatic imine (C=N–C) groups is 1. The van der Waals surface area contributed by atoms with E-state index in [1.54, 1.807) is 41.4 Å². The van der Waals surface area contributed by atoms with Gasteiger partial charge in [0.25, 0.3) is 0 Å². The molecule has 1 aliphatic rings. The van der Waals surface area contributed by atoms with Crippen LogP contribution in [0.15, 0.2) is 47.6 Å². The van der Waals surface area contributed by atoms with Crippen LogP contribution in [0.4, 0.5) is 11.5 Å². The number of pyridine rings is 1. The molecule has 2 aromatic rings. The topological polar surface area (TPSA) is 74.7 Å². The molecule has 2 amide bonds. The van der Waals surface area contributed by atoms with Crippen molar-refractivity contribution in [2.75, 3.05) is 11.9 Å². The van der Waals surface area contributed by atoms with E-state index in [1.807, 2.05) is 13.0 Å². The smallest absolute Gasteiger partial charge is 0.242 e. The van der Waals surface area contributed by atoms with E-state index in [0.29, 0.717) is 28.2 Å². The predicted molar refractivity (Wildman–Crippen MR) is 110 cm³/mol. The first kappa shape index (κ1) is 19.7. The molecule has 1 aromatic heterocycles. The number of nitrogens with zero attached hydrogens (tertiary/aromatic N) is 3. The summed E-state index contributed by atoms with van der Waals surface area (Å²) >= 11 is 13.3. The predicted octanol–water partition coefficient (Wildman–Crippen LogP) is 4.37. The van der Waals surface area contributed by atoms with Crippen LogP contribution in [0.5, 0.6) is 0 Å². The molecule has 27 heavy (non-hydrogen) atoms. The number of amidine groups is 1. The van der Waals surface area contributed by atoms with E-state index in [0.717, 1.165) is 0 Å². The lowest BCUT2D eigenvalue weighted by Gasteiger charge is -2.13. The second-order valence-electron chi connectivity index (χ2n) is 5.62. The fourth-order valence-corrected chi connectivity index (χ4v) is 4.06. The van der Waals surface area contributed by atoms with Crippen LogP contribution in [-0.2, 0) is 9.59 Å². The Bertz CT molecular complexity index is 892. The van der Waals surface area contributed by atoms with Crippen molar-refractivity contribution in [1.29, 1.82) is 0 Å². The summed E-state index contributed by atoms with van der Waals surface area (Å²) in [5.74, 6) is 0.0479. The van der Waals surface area contributed by atoms with E-state index in [-0.39, 0.29) is 23.3 Å². The third kappa shape index (κ3) is 4.61. The molecular formula is C18H16Cl2N4O2S. The van der Waals surface area contributed by atoms with Crippen molar-refractivity contribution in [2.24, 2.45) is 4.99 Å². The van der Waals surface area contributed by atoms with Crippen LogP contribution in [0.2, 0.25) is 10.0 Å². The number of benzene rings is 1. The molecule has 0 aliphatic carbocycles. The van der Waals surface area contributed by atoms with Crippen LogP contribution in [0.3, 0.4) is 0 Å². The molecule has 1 fully saturated rings. The molecule has 0 radical (unpaired) electrons. The molecule has 2 heterocycles. The number of halogens is 2. The van der Waals surface area contributed by atoms with E-state index in [2.05, 4.69) is 15.3 Å². The lowest BCUT2D eigenvalue weighted by atomic mass is 10.2. The highest BCUT2D eigenvalue weighted by atomic mass is 35.5. The Morgan fingerprint density at radius 2 is 2.11 bits per heavy atom. The van der Waals surface area contributed by atoms with Crippen LogP contribution in [0, 0.1) is 0 Å². The van der Waals surface area contributed by atoms with Crippen molar-refractivity contribution in [3.05, 3.63) is 52.6 Å². The van der Waals surface area contributed by atoms with Crippen molar-refractivity contribution in [1.82, 2.24) is 9.88 Å². The van der Waals surface area contributed by atoms with E-state index >= 15 is 0 Å². The number of anilines is 1. The van der Waals surface area contributed by atoms with Crippen molar-refractivity contribution in [2.45, 2.75) is 18.6 Å². The molecule has 1 aromatic carbocycles. The third-order valence-electron chi connectivity index (χ3n) is 3.79. The van der Waals surface area contributed by atoms with Gasteiger partial charge in [-0.2, -0.15) is 0 Å². The summed E-state index contributed by atoms with van der Waals surface area (Å²) in [6.07, 6.45) is 1.64. The number of aromatic nitrogens is 1. The Hall–Kier alpha value is -2.09. The Morgan fingerprint density at radius 1 is 1.30 bits per heavy atom. The van der Waals surface area contributed by atoms with Gasteiger partial charge in [0.2, 0.25) is 11.8 Å². The first-order valence-corrected chi connectivity index (χ1v) is 9.84. The zero-order valence-electron chi connectivity index (χ0n) is 14.4. The maximum absolute atomic E-state index is 12.6. The minimum atomic E-state index is -0.551. The lowest BCUT2D eigenvalue weighted by Crippen LogP contribution is -2.33. The van der Waals surface area contributed by atoms with Gasteiger partial charge in [0.15, 0.2) is 11.0 Å². The maximum atomic E-state index is 12.6. The molecule has 140 valence electrons. The molecule has 9 heteroatoms. The average Bonchev–Trinajstić information content (AvgIpc) is 2.94. The van der Waals surface area contributed by atoms with Crippen molar-refractivity contribution in [3.8, 4) is 0 Å². The Morgan fingerprint density at radius 3 is 2.81 bits per heavy atom. The van der Waals surface area contributed by atoms with Gasteiger partial charge in [0.1, 0.15) is 5.25 Å². The normalized spacial score (nSPS) is 18.2. The number of carbonyl (C=O) groups is 2. The highest BCUT2D eigenvalue weighted by molar-refractivity contribution is 8.15. The van der Waals surface area contributed by atoms with Crippen LogP contribution in [0.25, 0.3) is 0 Å². The van der Waals surface area contributed by atoms with Crippen molar-refractivity contribution < 1.29 is 9.59 Å². The Labute approximate surface area is 171 Å². The molecule has 0 bridgehead atoms. The van der Waals surface area contributed by atoms with Gasteiger partial charge in [-0.3, -0.25) is 14.5 Å². The molecule has 1 N–H and O–H groups in total. The molecule has 1 saturated heterocycles. The van der Waals surface area contributed by atoms with Gasteiger partial charge in [0, 0.05) is 19.2 Å². The highest BCUT2D eigenvalue weighted by Gasteiger charge is 2.38. The SMILES string of the molecule is CCN1C(=O)C(CC(=O)Nc2cccc(Cl)c2Cl)S/C1=N\c1ccccn1. The molecule has 6 nitrogen and oxygen atoms in total. The number of rotatable bonds is 5. The van der Waals surface area contributed by atoms with Gasteiger partial charge in [-0.1, -0.05) is 47.1 Å². The fourth-order valence-electron chi connectivity index (χ4n) is 2.50. The quantitative estimate of drug-likeness (QED) is 0.775. The molecular weight excluding hydrogens is 407 g/mol. The minimum Gasteiger partial charge on any atom is -0.325 e. The number of thioether (sulfide) groups is 1. The molecule has 0 saturated carbocycles. The van der Waals surface area contributed by atoms with E-state index < -0.39 is 5.25 Å². The second kappa shape index (κ2) is 8.73.